The standard InChI is InChI=1S/C24H28N2O5S/c1-16-5-8-19(9-6-16)24-26-20(17(2)31-24)14-32(28)15-23(27)25-12-11-18-7-10-21(29-3)22(13-18)30-4/h5-10,13H,11-12,14-15H2,1-4H3,(H,25,27). The van der Waals surface area contributed by atoms with Crippen LogP contribution >= 0.6 is 0 Å². The molecule has 0 aliphatic carbocycles. The normalized spacial score (nSPS) is 11.8. The lowest BCUT2D eigenvalue weighted by Crippen LogP contribution is -2.30. The van der Waals surface area contributed by atoms with Crippen LogP contribution in [-0.4, -0.2) is 41.6 Å². The predicted molar refractivity (Wildman–Crippen MR) is 124 cm³/mol. The third kappa shape index (κ3) is 6.20. The second kappa shape index (κ2) is 10.9. The van der Waals surface area contributed by atoms with Crippen LogP contribution in [-0.2, 0) is 27.8 Å². The minimum Gasteiger partial charge on any atom is -0.493 e. The van der Waals surface area contributed by atoms with Crippen LogP contribution in [0.5, 0.6) is 11.5 Å². The van der Waals surface area contributed by atoms with Crippen LogP contribution in [0, 0.1) is 13.8 Å². The second-order valence-corrected chi connectivity index (χ2v) is 8.86. The summed E-state index contributed by atoms with van der Waals surface area (Å²) >= 11 is 0. The summed E-state index contributed by atoms with van der Waals surface area (Å²) in [6.07, 6.45) is 0.626. The summed E-state index contributed by atoms with van der Waals surface area (Å²) in [5.74, 6) is 2.23. The molecule has 2 aromatic carbocycles. The maximum absolute atomic E-state index is 12.5. The molecule has 1 N–H and O–H groups in total. The summed E-state index contributed by atoms with van der Waals surface area (Å²) in [6, 6.07) is 13.5. The zero-order valence-electron chi connectivity index (χ0n) is 18.8. The van der Waals surface area contributed by atoms with Gasteiger partial charge in [-0.05, 0) is 50.1 Å². The van der Waals surface area contributed by atoms with Gasteiger partial charge in [0.2, 0.25) is 11.8 Å². The van der Waals surface area contributed by atoms with Gasteiger partial charge >= 0.3 is 0 Å². The van der Waals surface area contributed by atoms with E-state index in [2.05, 4.69) is 10.3 Å². The number of carbonyl (C=O) groups excluding carboxylic acids is 1. The number of carbonyl (C=O) groups is 1. The first-order valence-corrected chi connectivity index (χ1v) is 11.7. The molecule has 1 heterocycles. The molecule has 0 fully saturated rings. The van der Waals surface area contributed by atoms with Crippen LogP contribution in [0.15, 0.2) is 46.9 Å². The van der Waals surface area contributed by atoms with Crippen molar-refractivity contribution in [3.8, 4) is 23.0 Å². The van der Waals surface area contributed by atoms with Crippen molar-refractivity contribution in [1.82, 2.24) is 10.3 Å². The van der Waals surface area contributed by atoms with Crippen molar-refractivity contribution in [3.05, 3.63) is 65.0 Å². The number of amides is 1. The fraction of sp³-hybridized carbons (Fsp3) is 0.333. The Morgan fingerprint density at radius 3 is 2.47 bits per heavy atom. The van der Waals surface area contributed by atoms with Crippen LogP contribution in [0.25, 0.3) is 11.5 Å². The molecule has 0 aliphatic rings. The molecule has 1 amide bonds. The fourth-order valence-electron chi connectivity index (χ4n) is 3.16. The maximum Gasteiger partial charge on any atom is 0.232 e. The van der Waals surface area contributed by atoms with Crippen LogP contribution < -0.4 is 14.8 Å². The highest BCUT2D eigenvalue weighted by molar-refractivity contribution is 7.84. The number of hydrogen-bond donors (Lipinski definition) is 1. The minimum absolute atomic E-state index is 0.0852. The first kappa shape index (κ1) is 23.5. The molecule has 3 rings (SSSR count). The van der Waals surface area contributed by atoms with E-state index in [-0.39, 0.29) is 17.4 Å². The third-order valence-corrected chi connectivity index (χ3v) is 6.14. The van der Waals surface area contributed by atoms with E-state index in [1.165, 1.54) is 0 Å². The molecule has 3 aromatic rings. The molecule has 32 heavy (non-hydrogen) atoms. The van der Waals surface area contributed by atoms with E-state index in [1.54, 1.807) is 21.1 Å². The van der Waals surface area contributed by atoms with Gasteiger partial charge in [0.25, 0.3) is 0 Å². The second-order valence-electron chi connectivity index (χ2n) is 7.41. The van der Waals surface area contributed by atoms with E-state index in [0.29, 0.717) is 41.8 Å². The molecule has 0 saturated heterocycles. The minimum atomic E-state index is -1.39. The molecule has 8 heteroatoms. The molecule has 1 atom stereocenters. The number of aromatic nitrogens is 1. The van der Waals surface area contributed by atoms with Crippen molar-refractivity contribution in [2.75, 3.05) is 26.5 Å². The highest BCUT2D eigenvalue weighted by Gasteiger charge is 2.16. The van der Waals surface area contributed by atoms with Gasteiger partial charge in [0, 0.05) is 22.9 Å². The zero-order chi connectivity index (χ0) is 23.1. The highest BCUT2D eigenvalue weighted by atomic mass is 32.2. The van der Waals surface area contributed by atoms with Gasteiger partial charge in [0.15, 0.2) is 11.5 Å². The van der Waals surface area contributed by atoms with E-state index in [1.807, 2.05) is 49.4 Å². The Bertz CT molecular complexity index is 1090. The molecule has 1 unspecified atom stereocenters. The number of nitrogens with one attached hydrogen (secondary N) is 1. The molecular weight excluding hydrogens is 428 g/mol. The van der Waals surface area contributed by atoms with Crippen molar-refractivity contribution >= 4 is 16.7 Å². The molecule has 1 aromatic heterocycles. The Balaban J connectivity index is 1.49. The van der Waals surface area contributed by atoms with Crippen molar-refractivity contribution in [3.63, 3.8) is 0 Å². The van der Waals surface area contributed by atoms with E-state index in [9.17, 15) is 9.00 Å². The Morgan fingerprint density at radius 1 is 1.06 bits per heavy atom. The Kier molecular flexibility index (Phi) is 8.05. The van der Waals surface area contributed by atoms with Gasteiger partial charge in [-0.1, -0.05) is 23.8 Å². The van der Waals surface area contributed by atoms with Gasteiger partial charge in [0.05, 0.1) is 25.7 Å². The Labute approximate surface area is 190 Å². The predicted octanol–water partition coefficient (Wildman–Crippen LogP) is 3.58. The number of rotatable bonds is 10. The number of ether oxygens (including phenoxy) is 2. The average Bonchev–Trinajstić information content (AvgIpc) is 3.13. The van der Waals surface area contributed by atoms with Crippen LogP contribution in [0.3, 0.4) is 0 Å². The molecule has 0 radical (unpaired) electrons. The van der Waals surface area contributed by atoms with Gasteiger partial charge in [-0.2, -0.15) is 0 Å². The third-order valence-electron chi connectivity index (χ3n) is 4.96. The SMILES string of the molecule is COc1ccc(CCNC(=O)CS(=O)Cc2nc(-c3ccc(C)cc3)oc2C)cc1OC. The van der Waals surface area contributed by atoms with Crippen LogP contribution in [0.2, 0.25) is 0 Å². The van der Waals surface area contributed by atoms with E-state index in [0.717, 1.165) is 16.7 Å². The number of nitrogens with zero attached hydrogens (tertiary/aromatic N) is 1. The summed E-state index contributed by atoms with van der Waals surface area (Å²) in [7, 11) is 1.78. The summed E-state index contributed by atoms with van der Waals surface area (Å²) in [6.45, 7) is 4.24. The maximum atomic E-state index is 12.5. The molecule has 0 spiro atoms. The molecule has 0 aliphatic heterocycles. The quantitative estimate of drug-likeness (QED) is 0.501. The van der Waals surface area contributed by atoms with E-state index < -0.39 is 10.8 Å². The largest absolute Gasteiger partial charge is 0.493 e. The average molecular weight is 457 g/mol. The van der Waals surface area contributed by atoms with Crippen molar-refractivity contribution in [2.24, 2.45) is 0 Å². The van der Waals surface area contributed by atoms with Crippen molar-refractivity contribution in [1.29, 1.82) is 0 Å². The Hall–Kier alpha value is -3.13. The number of aryl methyl sites for hydroxylation is 2. The van der Waals surface area contributed by atoms with E-state index in [4.69, 9.17) is 13.9 Å². The number of methoxy groups -OCH3 is 2. The zero-order valence-corrected chi connectivity index (χ0v) is 19.6. The summed E-state index contributed by atoms with van der Waals surface area (Å²) < 4.78 is 28.7. The summed E-state index contributed by atoms with van der Waals surface area (Å²) in [5.41, 5.74) is 3.63. The van der Waals surface area contributed by atoms with Gasteiger partial charge in [-0.15, -0.1) is 0 Å². The lowest BCUT2D eigenvalue weighted by Gasteiger charge is -2.10. The highest BCUT2D eigenvalue weighted by Crippen LogP contribution is 2.27. The van der Waals surface area contributed by atoms with Gasteiger partial charge < -0.3 is 19.2 Å². The number of hydrogen-bond acceptors (Lipinski definition) is 6. The lowest BCUT2D eigenvalue weighted by molar-refractivity contribution is -0.118. The molecule has 7 nitrogen and oxygen atoms in total. The monoisotopic (exact) mass is 456 g/mol. The van der Waals surface area contributed by atoms with Crippen LogP contribution in [0.4, 0.5) is 0 Å². The van der Waals surface area contributed by atoms with Gasteiger partial charge in [-0.3, -0.25) is 9.00 Å². The van der Waals surface area contributed by atoms with Crippen molar-refractivity contribution in [2.45, 2.75) is 26.0 Å². The lowest BCUT2D eigenvalue weighted by atomic mass is 10.1. The van der Waals surface area contributed by atoms with E-state index >= 15 is 0 Å². The molecule has 0 bridgehead atoms. The number of benzene rings is 2. The van der Waals surface area contributed by atoms with Crippen molar-refractivity contribution < 1.29 is 22.9 Å². The molecule has 0 saturated carbocycles. The first-order valence-electron chi connectivity index (χ1n) is 10.3. The Morgan fingerprint density at radius 2 is 1.78 bits per heavy atom. The summed E-state index contributed by atoms with van der Waals surface area (Å²) in [5, 5.41) is 2.82. The topological polar surface area (TPSA) is 90.7 Å². The van der Waals surface area contributed by atoms with Gasteiger partial charge in [-0.25, -0.2) is 4.98 Å². The molecule has 170 valence electrons. The number of oxazole rings is 1. The van der Waals surface area contributed by atoms with Gasteiger partial charge in [0.1, 0.15) is 11.5 Å². The smallest absolute Gasteiger partial charge is 0.232 e. The molecular formula is C24H28N2O5S. The fourth-order valence-corrected chi connectivity index (χ4v) is 4.23. The summed E-state index contributed by atoms with van der Waals surface area (Å²) in [4.78, 5) is 16.7. The first-order chi connectivity index (χ1) is 15.4. The van der Waals surface area contributed by atoms with Crippen LogP contribution in [0.1, 0.15) is 22.6 Å².